The summed E-state index contributed by atoms with van der Waals surface area (Å²) >= 11 is 3.41. The van der Waals surface area contributed by atoms with E-state index in [1.807, 2.05) is 56.3 Å². The molecule has 0 atom stereocenters. The van der Waals surface area contributed by atoms with Crippen molar-refractivity contribution >= 4 is 33.2 Å². The predicted octanol–water partition coefficient (Wildman–Crippen LogP) is 4.01. The molecule has 20 heavy (non-hydrogen) atoms. The Kier molecular flexibility index (Phi) is 4.45. The summed E-state index contributed by atoms with van der Waals surface area (Å²) in [6.07, 6.45) is 0. The summed E-state index contributed by atoms with van der Waals surface area (Å²) in [5.41, 5.74) is 8.93. The summed E-state index contributed by atoms with van der Waals surface area (Å²) < 4.78 is 0.971. The quantitative estimate of drug-likeness (QED) is 0.863. The summed E-state index contributed by atoms with van der Waals surface area (Å²) in [5.74, 6) is -0.0110. The van der Waals surface area contributed by atoms with Gasteiger partial charge >= 0.3 is 0 Å². The van der Waals surface area contributed by atoms with E-state index in [1.165, 1.54) is 0 Å². The van der Waals surface area contributed by atoms with Crippen LogP contribution in [0.1, 0.15) is 22.8 Å². The minimum absolute atomic E-state index is 0.0110. The van der Waals surface area contributed by atoms with Gasteiger partial charge in [0, 0.05) is 28.0 Å². The van der Waals surface area contributed by atoms with Crippen LogP contribution in [0.25, 0.3) is 0 Å². The number of anilines is 2. The summed E-state index contributed by atoms with van der Waals surface area (Å²) in [5, 5.41) is 0. The number of benzene rings is 2. The number of hydrogen-bond acceptors (Lipinski definition) is 2. The minimum atomic E-state index is -0.0110. The van der Waals surface area contributed by atoms with Gasteiger partial charge in [-0.2, -0.15) is 0 Å². The Hall–Kier alpha value is -1.81. The zero-order chi connectivity index (χ0) is 14.7. The van der Waals surface area contributed by atoms with E-state index in [0.29, 0.717) is 17.8 Å². The Morgan fingerprint density at radius 3 is 2.60 bits per heavy atom. The number of rotatable bonds is 3. The monoisotopic (exact) mass is 332 g/mol. The first-order chi connectivity index (χ1) is 9.52. The standard InChI is InChI=1S/C16H17BrN2O/c1-3-19(14-6-4-5-13(18)10-14)16(20)15-8-7-12(17)9-11(15)2/h4-10H,3,18H2,1-2H3. The first-order valence-corrected chi connectivity index (χ1v) is 7.25. The molecule has 3 nitrogen and oxygen atoms in total. The number of aryl methyl sites for hydroxylation is 1. The van der Waals surface area contributed by atoms with Crippen LogP contribution in [0.5, 0.6) is 0 Å². The van der Waals surface area contributed by atoms with E-state index in [9.17, 15) is 4.79 Å². The van der Waals surface area contributed by atoms with Crippen molar-refractivity contribution in [3.05, 3.63) is 58.1 Å². The van der Waals surface area contributed by atoms with E-state index in [4.69, 9.17) is 5.73 Å². The molecule has 2 N–H and O–H groups in total. The Labute approximate surface area is 127 Å². The van der Waals surface area contributed by atoms with E-state index in [-0.39, 0.29) is 5.91 Å². The summed E-state index contributed by atoms with van der Waals surface area (Å²) in [6.45, 7) is 4.48. The lowest BCUT2D eigenvalue weighted by Crippen LogP contribution is -2.31. The third-order valence-electron chi connectivity index (χ3n) is 3.16. The minimum Gasteiger partial charge on any atom is -0.399 e. The molecule has 2 aromatic rings. The van der Waals surface area contributed by atoms with Crippen LogP contribution in [0.4, 0.5) is 11.4 Å². The van der Waals surface area contributed by atoms with Gasteiger partial charge < -0.3 is 10.6 Å². The molecule has 0 aliphatic heterocycles. The van der Waals surface area contributed by atoms with Crippen LogP contribution in [0.15, 0.2) is 46.9 Å². The highest BCUT2D eigenvalue weighted by Gasteiger charge is 2.18. The molecule has 0 aliphatic rings. The molecule has 2 aromatic carbocycles. The fraction of sp³-hybridized carbons (Fsp3) is 0.188. The lowest BCUT2D eigenvalue weighted by atomic mass is 10.1. The van der Waals surface area contributed by atoms with E-state index in [1.54, 1.807) is 4.90 Å². The van der Waals surface area contributed by atoms with Crippen molar-refractivity contribution in [1.29, 1.82) is 0 Å². The van der Waals surface area contributed by atoms with Crippen LogP contribution in [0, 0.1) is 6.92 Å². The number of carbonyl (C=O) groups is 1. The van der Waals surface area contributed by atoms with E-state index >= 15 is 0 Å². The van der Waals surface area contributed by atoms with Gasteiger partial charge in [-0.3, -0.25) is 4.79 Å². The largest absolute Gasteiger partial charge is 0.399 e. The van der Waals surface area contributed by atoms with Crippen LogP contribution in [-0.4, -0.2) is 12.5 Å². The SMILES string of the molecule is CCN(C(=O)c1ccc(Br)cc1C)c1cccc(N)c1. The number of halogens is 1. The van der Waals surface area contributed by atoms with Crippen molar-refractivity contribution in [1.82, 2.24) is 0 Å². The average molecular weight is 333 g/mol. The van der Waals surface area contributed by atoms with Gasteiger partial charge in [-0.15, -0.1) is 0 Å². The fourth-order valence-electron chi connectivity index (χ4n) is 2.15. The van der Waals surface area contributed by atoms with Crippen LogP contribution in [0.2, 0.25) is 0 Å². The molecule has 104 valence electrons. The molecule has 0 heterocycles. The van der Waals surface area contributed by atoms with E-state index in [0.717, 1.165) is 15.7 Å². The molecular weight excluding hydrogens is 316 g/mol. The molecule has 0 radical (unpaired) electrons. The van der Waals surface area contributed by atoms with Gasteiger partial charge in [-0.25, -0.2) is 0 Å². The molecule has 0 aliphatic carbocycles. The van der Waals surface area contributed by atoms with Crippen LogP contribution in [0.3, 0.4) is 0 Å². The van der Waals surface area contributed by atoms with Crippen molar-refractivity contribution in [2.75, 3.05) is 17.2 Å². The summed E-state index contributed by atoms with van der Waals surface area (Å²) in [4.78, 5) is 14.4. The number of amides is 1. The van der Waals surface area contributed by atoms with Crippen LogP contribution >= 0.6 is 15.9 Å². The van der Waals surface area contributed by atoms with Gasteiger partial charge in [0.25, 0.3) is 5.91 Å². The fourth-order valence-corrected chi connectivity index (χ4v) is 2.62. The first-order valence-electron chi connectivity index (χ1n) is 6.46. The lowest BCUT2D eigenvalue weighted by Gasteiger charge is -2.22. The third kappa shape index (κ3) is 3.02. The highest BCUT2D eigenvalue weighted by atomic mass is 79.9. The normalized spacial score (nSPS) is 10.3. The zero-order valence-corrected chi connectivity index (χ0v) is 13.1. The van der Waals surface area contributed by atoms with Gasteiger partial charge in [0.15, 0.2) is 0 Å². The van der Waals surface area contributed by atoms with Gasteiger partial charge in [0.2, 0.25) is 0 Å². The number of hydrogen-bond donors (Lipinski definition) is 1. The number of nitrogen functional groups attached to an aromatic ring is 1. The molecule has 1 amide bonds. The van der Waals surface area contributed by atoms with Gasteiger partial charge in [-0.1, -0.05) is 22.0 Å². The van der Waals surface area contributed by atoms with Crippen molar-refractivity contribution in [2.45, 2.75) is 13.8 Å². The van der Waals surface area contributed by atoms with Crippen molar-refractivity contribution in [2.24, 2.45) is 0 Å². The molecule has 0 fully saturated rings. The van der Waals surface area contributed by atoms with Gasteiger partial charge in [-0.05, 0) is 55.8 Å². The predicted molar refractivity (Wildman–Crippen MR) is 87.1 cm³/mol. The second kappa shape index (κ2) is 6.09. The molecule has 2 rings (SSSR count). The summed E-state index contributed by atoms with van der Waals surface area (Å²) in [6, 6.07) is 13.0. The average Bonchev–Trinajstić information content (AvgIpc) is 2.39. The molecule has 0 saturated heterocycles. The molecule has 0 spiro atoms. The third-order valence-corrected chi connectivity index (χ3v) is 3.66. The maximum atomic E-state index is 12.7. The second-order valence-electron chi connectivity index (χ2n) is 4.60. The summed E-state index contributed by atoms with van der Waals surface area (Å²) in [7, 11) is 0. The maximum Gasteiger partial charge on any atom is 0.258 e. The molecule has 0 aromatic heterocycles. The van der Waals surface area contributed by atoms with Crippen LogP contribution < -0.4 is 10.6 Å². The first kappa shape index (κ1) is 14.6. The Morgan fingerprint density at radius 1 is 1.25 bits per heavy atom. The number of carbonyl (C=O) groups excluding carboxylic acids is 1. The smallest absolute Gasteiger partial charge is 0.258 e. The Balaban J connectivity index is 2.39. The van der Waals surface area contributed by atoms with Crippen molar-refractivity contribution < 1.29 is 4.79 Å². The van der Waals surface area contributed by atoms with Crippen molar-refractivity contribution in [3.8, 4) is 0 Å². The molecule has 0 unspecified atom stereocenters. The molecule has 4 heteroatoms. The Morgan fingerprint density at radius 2 is 2.00 bits per heavy atom. The van der Waals surface area contributed by atoms with Gasteiger partial charge in [0.1, 0.15) is 0 Å². The highest BCUT2D eigenvalue weighted by molar-refractivity contribution is 9.10. The maximum absolute atomic E-state index is 12.7. The number of nitrogens with zero attached hydrogens (tertiary/aromatic N) is 1. The second-order valence-corrected chi connectivity index (χ2v) is 5.52. The van der Waals surface area contributed by atoms with E-state index < -0.39 is 0 Å². The Bertz CT molecular complexity index is 640. The molecule has 0 bridgehead atoms. The number of nitrogens with two attached hydrogens (primary N) is 1. The van der Waals surface area contributed by atoms with Crippen molar-refractivity contribution in [3.63, 3.8) is 0 Å². The zero-order valence-electron chi connectivity index (χ0n) is 11.6. The lowest BCUT2D eigenvalue weighted by molar-refractivity contribution is 0.0988. The van der Waals surface area contributed by atoms with Gasteiger partial charge in [0.05, 0.1) is 0 Å². The topological polar surface area (TPSA) is 46.3 Å². The van der Waals surface area contributed by atoms with Crippen LogP contribution in [-0.2, 0) is 0 Å². The molecule has 0 saturated carbocycles. The van der Waals surface area contributed by atoms with E-state index in [2.05, 4.69) is 15.9 Å². The highest BCUT2D eigenvalue weighted by Crippen LogP contribution is 2.22. The molecular formula is C16H17BrN2O.